The van der Waals surface area contributed by atoms with E-state index in [0.717, 1.165) is 0 Å². The largest absolute Gasteiger partial charge is 0.465 e. The molecule has 1 atom stereocenters. The van der Waals surface area contributed by atoms with E-state index in [9.17, 15) is 18.8 Å². The van der Waals surface area contributed by atoms with E-state index < -0.39 is 36.8 Å². The maximum Gasteiger partial charge on any atom is 0.408 e. The summed E-state index contributed by atoms with van der Waals surface area (Å²) in [6, 6.07) is 7.84. The molecule has 22 heavy (non-hydrogen) atoms. The zero-order chi connectivity index (χ0) is 16.3. The fourth-order valence-electron chi connectivity index (χ4n) is 2.30. The van der Waals surface area contributed by atoms with Crippen LogP contribution in [0.4, 0.5) is 9.18 Å². The second-order valence-corrected chi connectivity index (χ2v) is 4.98. The Morgan fingerprint density at radius 2 is 2.00 bits per heavy atom. The van der Waals surface area contributed by atoms with Gasteiger partial charge in [-0.25, -0.2) is 9.18 Å². The molecule has 1 N–H and O–H groups in total. The lowest BCUT2D eigenvalue weighted by Gasteiger charge is -2.40. The molecule has 1 aliphatic heterocycles. The number of carbonyl (C=O) groups excluding carboxylic acids is 2. The number of hydrogen-bond donors (Lipinski definition) is 1. The highest BCUT2D eigenvalue weighted by atomic mass is 19.1. The number of hydrogen-bond acceptors (Lipinski definition) is 3. The number of carbonyl (C=O) groups is 3. The molecule has 1 fully saturated rings. The molecule has 1 aromatic carbocycles. The van der Waals surface area contributed by atoms with Crippen molar-refractivity contribution in [3.8, 4) is 0 Å². The second-order valence-electron chi connectivity index (χ2n) is 4.98. The van der Waals surface area contributed by atoms with Crippen molar-refractivity contribution in [2.24, 2.45) is 0 Å². The average molecular weight is 306 g/mol. The van der Waals surface area contributed by atoms with Gasteiger partial charge in [-0.05, 0) is 12.1 Å². The number of imide groups is 1. The van der Waals surface area contributed by atoms with E-state index in [1.54, 1.807) is 18.2 Å². The highest BCUT2D eigenvalue weighted by Gasteiger charge is 2.49. The number of allylic oxidation sites excluding steroid dienone is 1. The Labute approximate surface area is 126 Å². The lowest BCUT2D eigenvalue weighted by molar-refractivity contribution is -0.149. The summed E-state index contributed by atoms with van der Waals surface area (Å²) >= 11 is 0. The predicted molar refractivity (Wildman–Crippen MR) is 75.9 cm³/mol. The van der Waals surface area contributed by atoms with Gasteiger partial charge in [0.25, 0.3) is 11.8 Å². The van der Waals surface area contributed by atoms with Crippen LogP contribution in [0.2, 0.25) is 0 Å². The Hall–Kier alpha value is -2.70. The van der Waals surface area contributed by atoms with E-state index in [-0.39, 0.29) is 12.0 Å². The standard InChI is InChI=1S/C15H15FN2O4/c1-2-8-15(16)9-17(14(21)22)10-18(13(15)20)12(19)11-6-4-3-5-7-11/h2-7H,1,8-10H2,(H,21,22). The molecule has 7 heteroatoms. The van der Waals surface area contributed by atoms with Gasteiger partial charge in [-0.3, -0.25) is 19.4 Å². The van der Waals surface area contributed by atoms with Crippen molar-refractivity contribution in [1.82, 2.24) is 9.80 Å². The van der Waals surface area contributed by atoms with E-state index in [0.29, 0.717) is 9.80 Å². The molecular weight excluding hydrogens is 291 g/mol. The predicted octanol–water partition coefficient (Wildman–Crippen LogP) is 1.89. The van der Waals surface area contributed by atoms with Crippen LogP contribution in [0.15, 0.2) is 43.0 Å². The number of nitrogens with zero attached hydrogens (tertiary/aromatic N) is 2. The number of benzene rings is 1. The summed E-state index contributed by atoms with van der Waals surface area (Å²) in [5.41, 5.74) is -2.30. The Kier molecular flexibility index (Phi) is 4.25. The van der Waals surface area contributed by atoms with Gasteiger partial charge in [0, 0.05) is 12.0 Å². The zero-order valence-corrected chi connectivity index (χ0v) is 11.7. The van der Waals surface area contributed by atoms with Crippen molar-refractivity contribution in [3.63, 3.8) is 0 Å². The third kappa shape index (κ3) is 2.83. The summed E-state index contributed by atoms with van der Waals surface area (Å²) in [7, 11) is 0. The lowest BCUT2D eigenvalue weighted by atomic mass is 9.96. The van der Waals surface area contributed by atoms with Gasteiger partial charge in [0.1, 0.15) is 6.67 Å². The van der Waals surface area contributed by atoms with Crippen molar-refractivity contribution in [2.45, 2.75) is 12.1 Å². The van der Waals surface area contributed by atoms with Gasteiger partial charge in [0.15, 0.2) is 0 Å². The Morgan fingerprint density at radius 1 is 1.36 bits per heavy atom. The first-order chi connectivity index (χ1) is 10.4. The molecule has 1 saturated heterocycles. The van der Waals surface area contributed by atoms with Crippen LogP contribution in [0.1, 0.15) is 16.8 Å². The van der Waals surface area contributed by atoms with Gasteiger partial charge >= 0.3 is 6.09 Å². The van der Waals surface area contributed by atoms with Crippen molar-refractivity contribution in [3.05, 3.63) is 48.6 Å². The second kappa shape index (κ2) is 5.97. The molecule has 0 aliphatic carbocycles. The van der Waals surface area contributed by atoms with Gasteiger partial charge in [-0.1, -0.05) is 24.3 Å². The van der Waals surface area contributed by atoms with Crippen LogP contribution < -0.4 is 0 Å². The summed E-state index contributed by atoms with van der Waals surface area (Å²) < 4.78 is 14.8. The molecule has 0 aromatic heterocycles. The van der Waals surface area contributed by atoms with E-state index in [1.807, 2.05) is 0 Å². The molecule has 2 rings (SSSR count). The summed E-state index contributed by atoms with van der Waals surface area (Å²) in [6.45, 7) is 2.26. The van der Waals surface area contributed by atoms with Gasteiger partial charge in [0.05, 0.1) is 6.54 Å². The summed E-state index contributed by atoms with van der Waals surface area (Å²) in [5.74, 6) is -1.78. The van der Waals surface area contributed by atoms with E-state index in [1.165, 1.54) is 18.2 Å². The minimum atomic E-state index is -2.48. The van der Waals surface area contributed by atoms with Crippen LogP contribution in [0.3, 0.4) is 0 Å². The Balaban J connectivity index is 2.36. The van der Waals surface area contributed by atoms with E-state index in [2.05, 4.69) is 6.58 Å². The van der Waals surface area contributed by atoms with Crippen molar-refractivity contribution in [2.75, 3.05) is 13.2 Å². The molecule has 3 amide bonds. The fraction of sp³-hybridized carbons (Fsp3) is 0.267. The van der Waals surface area contributed by atoms with Gasteiger partial charge < -0.3 is 5.11 Å². The molecule has 0 saturated carbocycles. The van der Waals surface area contributed by atoms with E-state index >= 15 is 0 Å². The van der Waals surface area contributed by atoms with Crippen LogP contribution in [-0.2, 0) is 4.79 Å². The minimum absolute atomic E-state index is 0.184. The summed E-state index contributed by atoms with van der Waals surface area (Å²) in [4.78, 5) is 37.1. The number of amides is 3. The SMILES string of the molecule is C=CCC1(F)CN(C(=O)O)CN(C(=O)c2ccccc2)C1=O. The molecular formula is C15H15FN2O4. The third-order valence-electron chi connectivity index (χ3n) is 3.39. The molecule has 1 aromatic rings. The quantitative estimate of drug-likeness (QED) is 0.683. The third-order valence-corrected chi connectivity index (χ3v) is 3.39. The van der Waals surface area contributed by atoms with Crippen LogP contribution in [0, 0.1) is 0 Å². The van der Waals surface area contributed by atoms with Crippen molar-refractivity contribution < 1.29 is 23.9 Å². The normalized spacial score (nSPS) is 21.6. The van der Waals surface area contributed by atoms with Crippen LogP contribution in [0.5, 0.6) is 0 Å². The van der Waals surface area contributed by atoms with Crippen LogP contribution >= 0.6 is 0 Å². The molecule has 0 spiro atoms. The first kappa shape index (κ1) is 15.7. The van der Waals surface area contributed by atoms with Crippen molar-refractivity contribution >= 4 is 17.9 Å². The van der Waals surface area contributed by atoms with E-state index in [4.69, 9.17) is 5.11 Å². The van der Waals surface area contributed by atoms with Crippen molar-refractivity contribution in [1.29, 1.82) is 0 Å². The number of halogens is 1. The lowest BCUT2D eigenvalue weighted by Crippen LogP contribution is -2.63. The zero-order valence-electron chi connectivity index (χ0n) is 11.7. The summed E-state index contributed by atoms with van der Waals surface area (Å²) in [5, 5.41) is 9.08. The average Bonchev–Trinajstić information content (AvgIpc) is 2.50. The Bertz CT molecular complexity index is 619. The molecule has 0 bridgehead atoms. The van der Waals surface area contributed by atoms with Crippen LogP contribution in [0.25, 0.3) is 0 Å². The molecule has 1 unspecified atom stereocenters. The highest BCUT2D eigenvalue weighted by molar-refractivity contribution is 6.07. The number of rotatable bonds is 3. The Morgan fingerprint density at radius 3 is 2.55 bits per heavy atom. The molecule has 6 nitrogen and oxygen atoms in total. The first-order valence-corrected chi connectivity index (χ1v) is 6.58. The topological polar surface area (TPSA) is 77.9 Å². The monoisotopic (exact) mass is 306 g/mol. The molecule has 1 heterocycles. The minimum Gasteiger partial charge on any atom is -0.465 e. The molecule has 116 valence electrons. The maximum absolute atomic E-state index is 14.8. The first-order valence-electron chi connectivity index (χ1n) is 6.58. The maximum atomic E-state index is 14.8. The highest BCUT2D eigenvalue weighted by Crippen LogP contribution is 2.27. The van der Waals surface area contributed by atoms with Gasteiger partial charge in [0.2, 0.25) is 5.67 Å². The fourth-order valence-corrected chi connectivity index (χ4v) is 2.30. The van der Waals surface area contributed by atoms with Gasteiger partial charge in [-0.2, -0.15) is 0 Å². The number of alkyl halides is 1. The smallest absolute Gasteiger partial charge is 0.408 e. The van der Waals surface area contributed by atoms with Crippen LogP contribution in [-0.4, -0.2) is 51.7 Å². The summed E-state index contributed by atoms with van der Waals surface area (Å²) in [6.07, 6.45) is -0.577. The van der Waals surface area contributed by atoms with Gasteiger partial charge in [-0.15, -0.1) is 6.58 Å². The molecule has 0 radical (unpaired) electrons. The number of carboxylic acid groups (broad SMARTS) is 1. The molecule has 1 aliphatic rings.